The van der Waals surface area contributed by atoms with Crippen LogP contribution in [0.4, 0.5) is 5.69 Å². The molecule has 0 fully saturated rings. The lowest BCUT2D eigenvalue weighted by Crippen LogP contribution is -2.49. The predicted molar refractivity (Wildman–Crippen MR) is 151 cm³/mol. The number of carbonyl (C=O) groups excluding carboxylic acids is 2. The quantitative estimate of drug-likeness (QED) is 0.377. The van der Waals surface area contributed by atoms with Gasteiger partial charge in [-0.25, -0.2) is 8.42 Å². The average molecular weight is 550 g/mol. The second kappa shape index (κ2) is 13.8. The van der Waals surface area contributed by atoms with E-state index in [1.54, 1.807) is 17.0 Å². The molecule has 9 heteroatoms. The number of sulfonamides is 1. The summed E-state index contributed by atoms with van der Waals surface area (Å²) in [6, 6.07) is 12.1. The first-order valence-electron chi connectivity index (χ1n) is 12.7. The molecule has 0 heterocycles. The molecule has 0 aliphatic carbocycles. The fourth-order valence-corrected chi connectivity index (χ4v) is 5.19. The van der Waals surface area contributed by atoms with E-state index in [1.165, 1.54) is 10.6 Å². The summed E-state index contributed by atoms with van der Waals surface area (Å²) in [5.41, 5.74) is 3.39. The van der Waals surface area contributed by atoms with Crippen molar-refractivity contribution >= 4 is 39.1 Å². The summed E-state index contributed by atoms with van der Waals surface area (Å²) in [5, 5.41) is 3.46. The van der Waals surface area contributed by atoms with Crippen LogP contribution in [0.3, 0.4) is 0 Å². The van der Waals surface area contributed by atoms with Crippen LogP contribution in [0.1, 0.15) is 56.7 Å². The third-order valence-corrected chi connectivity index (χ3v) is 7.86. The zero-order chi connectivity index (χ0) is 27.8. The summed E-state index contributed by atoms with van der Waals surface area (Å²) < 4.78 is 26.4. The highest BCUT2D eigenvalue weighted by Gasteiger charge is 2.29. The number of anilines is 1. The molecule has 2 amide bonds. The molecule has 2 aromatic rings. The van der Waals surface area contributed by atoms with Gasteiger partial charge in [0.25, 0.3) is 0 Å². The third-order valence-electron chi connectivity index (χ3n) is 6.30. The number of nitrogens with one attached hydrogen (secondary N) is 1. The molecule has 0 saturated heterocycles. The topological polar surface area (TPSA) is 86.8 Å². The highest BCUT2D eigenvalue weighted by atomic mass is 35.5. The fraction of sp³-hybridized carbons (Fsp3) is 0.500. The Morgan fingerprint density at radius 3 is 2.30 bits per heavy atom. The molecule has 0 bridgehead atoms. The van der Waals surface area contributed by atoms with Gasteiger partial charge in [0, 0.05) is 31.1 Å². The van der Waals surface area contributed by atoms with Crippen molar-refractivity contribution in [3.05, 3.63) is 64.2 Å². The van der Waals surface area contributed by atoms with Gasteiger partial charge in [-0.3, -0.25) is 13.9 Å². The molecule has 0 spiro atoms. The molecule has 0 aliphatic heterocycles. The summed E-state index contributed by atoms with van der Waals surface area (Å²) in [6.45, 7) is 10.7. The number of nitrogens with zero attached hydrogens (tertiary/aromatic N) is 2. The summed E-state index contributed by atoms with van der Waals surface area (Å²) in [5.74, 6) is -0.147. The number of carbonyl (C=O) groups is 2. The molecule has 0 radical (unpaired) electrons. The average Bonchev–Trinajstić information content (AvgIpc) is 2.82. The first-order valence-corrected chi connectivity index (χ1v) is 14.9. The van der Waals surface area contributed by atoms with Crippen LogP contribution >= 0.6 is 11.6 Å². The van der Waals surface area contributed by atoms with Gasteiger partial charge in [-0.05, 0) is 67.5 Å². The van der Waals surface area contributed by atoms with Crippen LogP contribution in [0.15, 0.2) is 42.5 Å². The van der Waals surface area contributed by atoms with E-state index in [0.29, 0.717) is 30.1 Å². The summed E-state index contributed by atoms with van der Waals surface area (Å²) in [7, 11) is -3.54. The molecular formula is C28H40ClN3O4S. The predicted octanol–water partition coefficient (Wildman–Crippen LogP) is 5.08. The van der Waals surface area contributed by atoms with Gasteiger partial charge in [-0.2, -0.15) is 0 Å². The zero-order valence-electron chi connectivity index (χ0n) is 22.8. The van der Waals surface area contributed by atoms with Crippen LogP contribution in [-0.4, -0.2) is 50.5 Å². The highest BCUT2D eigenvalue weighted by molar-refractivity contribution is 7.92. The molecule has 0 aromatic heterocycles. The molecule has 1 atom stereocenters. The molecule has 204 valence electrons. The standard InChI is InChI=1S/C28H40ClN3O4S/c1-7-26(28(34)30-18-20(2)3)31(19-23-11-8-9-12-25(23)29)27(33)13-10-16-32(37(6,35)36)24-15-14-21(4)22(5)17-24/h8-9,11-12,14-15,17,20,26H,7,10,13,16,18-19H2,1-6H3,(H,30,34)/t26-/m1/s1. The first-order chi connectivity index (χ1) is 17.3. The smallest absolute Gasteiger partial charge is 0.242 e. The van der Waals surface area contributed by atoms with Crippen molar-refractivity contribution in [2.45, 2.75) is 66.5 Å². The van der Waals surface area contributed by atoms with Gasteiger partial charge in [-0.15, -0.1) is 0 Å². The molecule has 7 nitrogen and oxygen atoms in total. The molecule has 1 N–H and O–H groups in total. The Morgan fingerprint density at radius 1 is 1.05 bits per heavy atom. The molecule has 0 unspecified atom stereocenters. The fourth-order valence-electron chi connectivity index (χ4n) is 4.04. The number of rotatable bonds is 13. The van der Waals surface area contributed by atoms with Crippen LogP contribution < -0.4 is 9.62 Å². The van der Waals surface area contributed by atoms with Crippen molar-refractivity contribution in [1.29, 1.82) is 0 Å². The van der Waals surface area contributed by atoms with Crippen LogP contribution in [0.2, 0.25) is 5.02 Å². The lowest BCUT2D eigenvalue weighted by Gasteiger charge is -2.31. The highest BCUT2D eigenvalue weighted by Crippen LogP contribution is 2.23. The van der Waals surface area contributed by atoms with E-state index in [1.807, 2.05) is 65.0 Å². The summed E-state index contributed by atoms with van der Waals surface area (Å²) in [4.78, 5) is 28.1. The molecule has 37 heavy (non-hydrogen) atoms. The van der Waals surface area contributed by atoms with Gasteiger partial charge in [0.05, 0.1) is 11.9 Å². The van der Waals surface area contributed by atoms with E-state index in [0.717, 1.165) is 16.7 Å². The molecule has 2 aromatic carbocycles. The number of hydrogen-bond acceptors (Lipinski definition) is 4. The Labute approximate surface area is 227 Å². The monoisotopic (exact) mass is 549 g/mol. The van der Waals surface area contributed by atoms with Crippen LogP contribution in [0.25, 0.3) is 0 Å². The number of hydrogen-bond donors (Lipinski definition) is 1. The number of benzene rings is 2. The summed E-state index contributed by atoms with van der Waals surface area (Å²) >= 11 is 6.38. The van der Waals surface area contributed by atoms with Gasteiger partial charge < -0.3 is 10.2 Å². The lowest BCUT2D eigenvalue weighted by atomic mass is 10.1. The summed E-state index contributed by atoms with van der Waals surface area (Å²) in [6.07, 6.45) is 2.01. The maximum atomic E-state index is 13.5. The van der Waals surface area contributed by atoms with E-state index in [-0.39, 0.29) is 37.2 Å². The van der Waals surface area contributed by atoms with E-state index < -0.39 is 16.1 Å². The Bertz CT molecular complexity index is 1180. The van der Waals surface area contributed by atoms with Crippen molar-refractivity contribution in [2.24, 2.45) is 5.92 Å². The lowest BCUT2D eigenvalue weighted by molar-refractivity contribution is -0.141. The maximum absolute atomic E-state index is 13.5. The van der Waals surface area contributed by atoms with Gasteiger partial charge in [0.15, 0.2) is 0 Å². The number of aryl methyl sites for hydroxylation is 2. The minimum absolute atomic E-state index is 0.0925. The Morgan fingerprint density at radius 2 is 1.73 bits per heavy atom. The van der Waals surface area contributed by atoms with Gasteiger partial charge in [0.1, 0.15) is 6.04 Å². The number of amides is 2. The SMILES string of the molecule is CC[C@H](C(=O)NCC(C)C)N(Cc1ccccc1Cl)C(=O)CCCN(c1ccc(C)c(C)c1)S(C)(=O)=O. The van der Waals surface area contributed by atoms with Crippen LogP contribution in [0.5, 0.6) is 0 Å². The van der Waals surface area contributed by atoms with Crippen molar-refractivity contribution in [3.8, 4) is 0 Å². The molecule has 0 aliphatic rings. The normalized spacial score (nSPS) is 12.3. The molecule has 0 saturated carbocycles. The largest absolute Gasteiger partial charge is 0.354 e. The minimum atomic E-state index is -3.54. The maximum Gasteiger partial charge on any atom is 0.242 e. The van der Waals surface area contributed by atoms with Gasteiger partial charge in [0.2, 0.25) is 21.8 Å². The zero-order valence-corrected chi connectivity index (χ0v) is 24.3. The van der Waals surface area contributed by atoms with Crippen molar-refractivity contribution in [2.75, 3.05) is 23.7 Å². The van der Waals surface area contributed by atoms with E-state index in [2.05, 4.69) is 5.32 Å². The van der Waals surface area contributed by atoms with Crippen LogP contribution in [-0.2, 0) is 26.2 Å². The van der Waals surface area contributed by atoms with Gasteiger partial charge in [-0.1, -0.05) is 56.6 Å². The Kier molecular flexibility index (Phi) is 11.4. The van der Waals surface area contributed by atoms with Crippen LogP contribution in [0, 0.1) is 19.8 Å². The van der Waals surface area contributed by atoms with E-state index in [4.69, 9.17) is 11.6 Å². The number of halogens is 1. The van der Waals surface area contributed by atoms with Crippen molar-refractivity contribution in [1.82, 2.24) is 10.2 Å². The van der Waals surface area contributed by atoms with E-state index >= 15 is 0 Å². The van der Waals surface area contributed by atoms with Gasteiger partial charge >= 0.3 is 0 Å². The Balaban J connectivity index is 2.24. The van der Waals surface area contributed by atoms with E-state index in [9.17, 15) is 18.0 Å². The van der Waals surface area contributed by atoms with Crippen molar-refractivity contribution in [3.63, 3.8) is 0 Å². The van der Waals surface area contributed by atoms with Crippen molar-refractivity contribution < 1.29 is 18.0 Å². The Hall–Kier alpha value is -2.58. The molecular weight excluding hydrogens is 510 g/mol. The third kappa shape index (κ3) is 9.04. The first kappa shape index (κ1) is 30.6. The second-order valence-electron chi connectivity index (χ2n) is 9.88. The second-order valence-corrected chi connectivity index (χ2v) is 12.2. The minimum Gasteiger partial charge on any atom is -0.354 e. The molecule has 2 rings (SSSR count).